The molecule has 0 unspecified atom stereocenters. The molecule has 0 amide bonds. The molecule has 0 fully saturated rings. The molecule has 1 heterocycles. The van der Waals surface area contributed by atoms with E-state index in [-0.39, 0.29) is 5.56 Å². The van der Waals surface area contributed by atoms with Gasteiger partial charge in [0.25, 0.3) is 0 Å². The molecule has 1 aromatic carbocycles. The summed E-state index contributed by atoms with van der Waals surface area (Å²) in [5.74, 6) is -0.339. The van der Waals surface area contributed by atoms with Crippen LogP contribution in [0.25, 0.3) is 0 Å². The lowest BCUT2D eigenvalue weighted by molar-refractivity contribution is 0.0698. The van der Waals surface area contributed by atoms with Gasteiger partial charge in [-0.05, 0) is 18.2 Å². The molecule has 0 bridgehead atoms. The molecule has 2 rings (SSSR count). The average Bonchev–Trinajstić information content (AvgIpc) is 2.84. The van der Waals surface area contributed by atoms with E-state index in [9.17, 15) is 4.79 Å². The highest BCUT2D eigenvalue weighted by molar-refractivity contribution is 5.94. The van der Waals surface area contributed by atoms with Gasteiger partial charge in [-0.3, -0.25) is 4.68 Å². The second kappa shape index (κ2) is 6.10. The quantitative estimate of drug-likeness (QED) is 0.840. The average molecular weight is 275 g/mol. The monoisotopic (exact) mass is 275 g/mol. The summed E-state index contributed by atoms with van der Waals surface area (Å²) in [6.45, 7) is 0.618. The molecule has 6 nitrogen and oxygen atoms in total. The fourth-order valence-electron chi connectivity index (χ4n) is 1.95. The van der Waals surface area contributed by atoms with Crippen LogP contribution in [0, 0.1) is 0 Å². The molecule has 2 N–H and O–H groups in total. The van der Waals surface area contributed by atoms with Crippen molar-refractivity contribution in [1.82, 2.24) is 9.78 Å². The Morgan fingerprint density at radius 2 is 2.25 bits per heavy atom. The molecule has 106 valence electrons. The fraction of sp³-hybridized carbons (Fsp3) is 0.286. The summed E-state index contributed by atoms with van der Waals surface area (Å²) in [7, 11) is 3.43. The number of aromatic nitrogens is 2. The minimum atomic E-state index is -0.962. The Hall–Kier alpha value is -2.50. The van der Waals surface area contributed by atoms with Gasteiger partial charge in [-0.25, -0.2) is 4.79 Å². The van der Waals surface area contributed by atoms with Crippen molar-refractivity contribution in [3.05, 3.63) is 41.7 Å². The van der Waals surface area contributed by atoms with Crippen LogP contribution in [-0.4, -0.2) is 34.5 Å². The highest BCUT2D eigenvalue weighted by Gasteiger charge is 2.11. The van der Waals surface area contributed by atoms with Crippen LogP contribution in [0.15, 0.2) is 30.5 Å². The van der Waals surface area contributed by atoms with E-state index in [0.29, 0.717) is 18.0 Å². The third kappa shape index (κ3) is 3.09. The molecule has 0 aliphatic rings. The number of carbonyl (C=O) groups is 1. The normalized spacial score (nSPS) is 10.3. The van der Waals surface area contributed by atoms with Crippen LogP contribution in [-0.2, 0) is 13.5 Å². The summed E-state index contributed by atoms with van der Waals surface area (Å²) < 4.78 is 6.91. The first kappa shape index (κ1) is 13.9. The topological polar surface area (TPSA) is 76.4 Å². The van der Waals surface area contributed by atoms with E-state index >= 15 is 0 Å². The van der Waals surface area contributed by atoms with Gasteiger partial charge in [-0.1, -0.05) is 0 Å². The molecule has 6 heteroatoms. The lowest BCUT2D eigenvalue weighted by Crippen LogP contribution is -2.11. The van der Waals surface area contributed by atoms with Crippen LogP contribution in [0.5, 0.6) is 5.75 Å². The zero-order valence-electron chi connectivity index (χ0n) is 11.5. The first-order valence-electron chi connectivity index (χ1n) is 6.24. The number of methoxy groups -OCH3 is 1. The van der Waals surface area contributed by atoms with Crippen LogP contribution in [0.3, 0.4) is 0 Å². The van der Waals surface area contributed by atoms with Gasteiger partial charge in [0.1, 0.15) is 5.75 Å². The van der Waals surface area contributed by atoms with Crippen molar-refractivity contribution in [3.63, 3.8) is 0 Å². The highest BCUT2D eigenvalue weighted by Crippen LogP contribution is 2.22. The largest absolute Gasteiger partial charge is 0.497 e. The highest BCUT2D eigenvalue weighted by atomic mass is 16.5. The maximum Gasteiger partial charge on any atom is 0.337 e. The fourth-order valence-corrected chi connectivity index (χ4v) is 1.95. The Morgan fingerprint density at radius 3 is 2.85 bits per heavy atom. The second-order valence-corrected chi connectivity index (χ2v) is 4.34. The van der Waals surface area contributed by atoms with Gasteiger partial charge < -0.3 is 15.2 Å². The number of aromatic carboxylic acids is 1. The Bertz CT molecular complexity index is 607. The Labute approximate surface area is 117 Å². The van der Waals surface area contributed by atoms with Gasteiger partial charge in [0, 0.05) is 38.0 Å². The van der Waals surface area contributed by atoms with E-state index in [1.807, 2.05) is 13.1 Å². The maximum absolute atomic E-state index is 11.2. The molecule has 1 aromatic heterocycles. The van der Waals surface area contributed by atoms with Crippen molar-refractivity contribution in [2.75, 3.05) is 19.0 Å². The molecule has 0 radical (unpaired) electrons. The molecule has 0 spiro atoms. The van der Waals surface area contributed by atoms with Gasteiger partial charge in [0.05, 0.1) is 18.4 Å². The van der Waals surface area contributed by atoms with Gasteiger partial charge in [-0.15, -0.1) is 0 Å². The summed E-state index contributed by atoms with van der Waals surface area (Å²) in [5.41, 5.74) is 1.87. The Balaban J connectivity index is 2.07. The molecule has 0 atom stereocenters. The second-order valence-electron chi connectivity index (χ2n) is 4.34. The smallest absolute Gasteiger partial charge is 0.337 e. The van der Waals surface area contributed by atoms with Gasteiger partial charge in [0.15, 0.2) is 0 Å². The van der Waals surface area contributed by atoms with Crippen molar-refractivity contribution >= 4 is 11.7 Å². The predicted molar refractivity (Wildman–Crippen MR) is 75.4 cm³/mol. The molecule has 0 saturated carbocycles. The minimum Gasteiger partial charge on any atom is -0.497 e. The summed E-state index contributed by atoms with van der Waals surface area (Å²) in [6.07, 6.45) is 2.50. The lowest BCUT2D eigenvalue weighted by atomic mass is 10.1. The Morgan fingerprint density at radius 1 is 1.45 bits per heavy atom. The number of aryl methyl sites for hydroxylation is 1. The molecular weight excluding hydrogens is 258 g/mol. The zero-order valence-corrected chi connectivity index (χ0v) is 11.5. The Kier molecular flexibility index (Phi) is 4.24. The third-order valence-electron chi connectivity index (χ3n) is 3.08. The molecule has 2 aromatic rings. The van der Waals surface area contributed by atoms with Gasteiger partial charge >= 0.3 is 5.97 Å². The lowest BCUT2D eigenvalue weighted by Gasteiger charge is -2.11. The third-order valence-corrected chi connectivity index (χ3v) is 3.08. The summed E-state index contributed by atoms with van der Waals surface area (Å²) in [5, 5.41) is 16.4. The number of anilines is 1. The van der Waals surface area contributed by atoms with Crippen molar-refractivity contribution in [1.29, 1.82) is 0 Å². The predicted octanol–water partition coefficient (Wildman–Crippen LogP) is 1.78. The maximum atomic E-state index is 11.2. The number of carboxylic acid groups (broad SMARTS) is 1. The van der Waals surface area contributed by atoms with Crippen LogP contribution in [0.2, 0.25) is 0 Å². The first-order valence-corrected chi connectivity index (χ1v) is 6.24. The van der Waals surface area contributed by atoms with E-state index in [2.05, 4.69) is 10.4 Å². The molecule has 20 heavy (non-hydrogen) atoms. The van der Waals surface area contributed by atoms with Crippen molar-refractivity contribution < 1.29 is 14.6 Å². The SMILES string of the molecule is COc1ccc(C(=O)O)c(NCCc2ccnn2C)c1. The molecule has 0 saturated heterocycles. The van der Waals surface area contributed by atoms with Crippen LogP contribution >= 0.6 is 0 Å². The summed E-state index contributed by atoms with van der Waals surface area (Å²) in [6, 6.07) is 6.79. The van der Waals surface area contributed by atoms with Crippen LogP contribution < -0.4 is 10.1 Å². The number of ether oxygens (including phenoxy) is 1. The van der Waals surface area contributed by atoms with E-state index in [4.69, 9.17) is 9.84 Å². The van der Waals surface area contributed by atoms with Crippen molar-refractivity contribution in [2.24, 2.45) is 7.05 Å². The van der Waals surface area contributed by atoms with Crippen molar-refractivity contribution in [2.45, 2.75) is 6.42 Å². The first-order chi connectivity index (χ1) is 9.61. The number of nitrogens with one attached hydrogen (secondary N) is 1. The summed E-state index contributed by atoms with van der Waals surface area (Å²) in [4.78, 5) is 11.2. The van der Waals surface area contributed by atoms with E-state index in [0.717, 1.165) is 12.1 Å². The zero-order chi connectivity index (χ0) is 14.5. The number of nitrogens with zero attached hydrogens (tertiary/aromatic N) is 2. The summed E-state index contributed by atoms with van der Waals surface area (Å²) >= 11 is 0. The van der Waals surface area contributed by atoms with Gasteiger partial charge in [-0.2, -0.15) is 5.10 Å². The van der Waals surface area contributed by atoms with E-state index < -0.39 is 5.97 Å². The number of benzene rings is 1. The van der Waals surface area contributed by atoms with E-state index in [1.54, 1.807) is 30.1 Å². The standard InChI is InChI=1S/C14H17N3O3/c1-17-10(6-8-16-17)5-7-15-13-9-11(20-2)3-4-12(13)14(18)19/h3-4,6,8-9,15H,5,7H2,1-2H3,(H,18,19). The molecule has 0 aliphatic carbocycles. The number of hydrogen-bond acceptors (Lipinski definition) is 4. The van der Waals surface area contributed by atoms with Crippen LogP contribution in [0.4, 0.5) is 5.69 Å². The van der Waals surface area contributed by atoms with Gasteiger partial charge in [0.2, 0.25) is 0 Å². The molecule has 0 aliphatic heterocycles. The number of hydrogen-bond donors (Lipinski definition) is 2. The van der Waals surface area contributed by atoms with E-state index in [1.165, 1.54) is 6.07 Å². The number of rotatable bonds is 6. The minimum absolute atomic E-state index is 0.232. The molecular formula is C14H17N3O3. The van der Waals surface area contributed by atoms with Crippen LogP contribution in [0.1, 0.15) is 16.1 Å². The number of carboxylic acids is 1. The van der Waals surface area contributed by atoms with Crippen molar-refractivity contribution in [3.8, 4) is 5.75 Å².